The van der Waals surface area contributed by atoms with Gasteiger partial charge in [-0.3, -0.25) is 9.59 Å². The topological polar surface area (TPSA) is 71.2 Å². The number of H-pyrrole nitrogens is 1. The molecule has 2 N–H and O–H groups in total. The summed E-state index contributed by atoms with van der Waals surface area (Å²) in [5, 5.41) is 2.98. The smallest absolute Gasteiger partial charge is 0.251 e. The standard InChI is InChI=1S/C22H24N2O3/c1-13-11-15(5-9-20(13)27-2)18(12-16-6-10-21(25)23-16)19-8-7-17(14-3-4-14)22(26)24-19/h5,7-9,11-12,14,16H,3-4,6,10H2,1-2H3,(H,23,25)(H,24,26)/b18-12+/t16-/m1/s1. The molecule has 0 bridgehead atoms. The van der Waals surface area contributed by atoms with Gasteiger partial charge in [0.15, 0.2) is 0 Å². The number of hydrogen-bond acceptors (Lipinski definition) is 3. The molecule has 1 aromatic heterocycles. The predicted octanol–water partition coefficient (Wildman–Crippen LogP) is 3.28. The molecule has 1 amide bonds. The molecule has 1 atom stereocenters. The molecular formula is C22H24N2O3. The summed E-state index contributed by atoms with van der Waals surface area (Å²) < 4.78 is 5.37. The van der Waals surface area contributed by atoms with Gasteiger partial charge in [-0.05, 0) is 61.4 Å². The van der Waals surface area contributed by atoms with E-state index in [1.54, 1.807) is 7.11 Å². The van der Waals surface area contributed by atoms with E-state index in [9.17, 15) is 9.59 Å². The number of carbonyl (C=O) groups excluding carboxylic acids is 1. The highest BCUT2D eigenvalue weighted by molar-refractivity contribution is 5.82. The Balaban J connectivity index is 1.77. The van der Waals surface area contributed by atoms with Crippen LogP contribution in [-0.2, 0) is 4.79 Å². The molecule has 2 aliphatic rings. The van der Waals surface area contributed by atoms with Crippen LogP contribution in [0.2, 0.25) is 0 Å². The lowest BCUT2D eigenvalue weighted by Crippen LogP contribution is -2.23. The summed E-state index contributed by atoms with van der Waals surface area (Å²) in [4.78, 5) is 27.2. The van der Waals surface area contributed by atoms with Crippen LogP contribution in [0, 0.1) is 6.92 Å². The lowest BCUT2D eigenvalue weighted by atomic mass is 9.96. The number of benzene rings is 1. The third-order valence-electron chi connectivity index (χ3n) is 5.35. The molecule has 0 radical (unpaired) electrons. The quantitative estimate of drug-likeness (QED) is 0.855. The van der Waals surface area contributed by atoms with Gasteiger partial charge >= 0.3 is 0 Å². The van der Waals surface area contributed by atoms with E-state index in [2.05, 4.69) is 16.4 Å². The highest BCUT2D eigenvalue weighted by Gasteiger charge is 2.26. The molecule has 1 aliphatic heterocycles. The first-order valence-corrected chi connectivity index (χ1v) is 9.45. The summed E-state index contributed by atoms with van der Waals surface area (Å²) in [6, 6.07) is 9.88. The number of ether oxygens (including phenoxy) is 1. The second-order valence-electron chi connectivity index (χ2n) is 7.41. The second kappa shape index (κ2) is 7.06. The van der Waals surface area contributed by atoms with Crippen molar-refractivity contribution in [2.45, 2.75) is 44.6 Å². The maximum Gasteiger partial charge on any atom is 0.251 e. The van der Waals surface area contributed by atoms with Gasteiger partial charge in [0.1, 0.15) is 5.75 Å². The number of hydrogen-bond donors (Lipinski definition) is 2. The number of amides is 1. The lowest BCUT2D eigenvalue weighted by Gasteiger charge is -2.14. The molecule has 27 heavy (non-hydrogen) atoms. The van der Waals surface area contributed by atoms with E-state index in [0.29, 0.717) is 12.3 Å². The van der Waals surface area contributed by atoms with Crippen LogP contribution in [0.3, 0.4) is 0 Å². The van der Waals surface area contributed by atoms with Crippen molar-refractivity contribution in [3.63, 3.8) is 0 Å². The number of aromatic amines is 1. The molecule has 1 aromatic carbocycles. The Morgan fingerprint density at radius 3 is 2.56 bits per heavy atom. The molecule has 2 fully saturated rings. The number of rotatable bonds is 5. The fraction of sp³-hybridized carbons (Fsp3) is 0.364. The summed E-state index contributed by atoms with van der Waals surface area (Å²) in [7, 11) is 1.65. The monoisotopic (exact) mass is 364 g/mol. The molecule has 5 nitrogen and oxygen atoms in total. The summed E-state index contributed by atoms with van der Waals surface area (Å²) in [5.74, 6) is 1.30. The van der Waals surface area contributed by atoms with Gasteiger partial charge in [0.25, 0.3) is 5.56 Å². The van der Waals surface area contributed by atoms with E-state index in [1.807, 2.05) is 37.3 Å². The van der Waals surface area contributed by atoms with Crippen LogP contribution in [0.15, 0.2) is 41.2 Å². The Morgan fingerprint density at radius 1 is 1.15 bits per heavy atom. The molecule has 140 valence electrons. The first kappa shape index (κ1) is 17.6. The lowest BCUT2D eigenvalue weighted by molar-refractivity contribution is -0.119. The molecule has 1 saturated heterocycles. The molecule has 4 rings (SSSR count). The van der Waals surface area contributed by atoms with Gasteiger partial charge in [0.2, 0.25) is 5.91 Å². The molecular weight excluding hydrogens is 340 g/mol. The van der Waals surface area contributed by atoms with Crippen molar-refractivity contribution in [1.82, 2.24) is 10.3 Å². The minimum absolute atomic E-state index is 0.0124. The fourth-order valence-corrected chi connectivity index (χ4v) is 3.71. The van der Waals surface area contributed by atoms with Crippen molar-refractivity contribution in [1.29, 1.82) is 0 Å². The first-order valence-electron chi connectivity index (χ1n) is 9.45. The van der Waals surface area contributed by atoms with E-state index in [0.717, 1.165) is 53.0 Å². The van der Waals surface area contributed by atoms with Crippen molar-refractivity contribution in [3.05, 3.63) is 69.1 Å². The van der Waals surface area contributed by atoms with Crippen molar-refractivity contribution >= 4 is 11.5 Å². The van der Waals surface area contributed by atoms with Crippen LogP contribution >= 0.6 is 0 Å². The maximum absolute atomic E-state index is 12.5. The van der Waals surface area contributed by atoms with Crippen LogP contribution in [0.4, 0.5) is 0 Å². The highest BCUT2D eigenvalue weighted by Crippen LogP contribution is 2.38. The molecule has 2 aromatic rings. The molecule has 1 aliphatic carbocycles. The Hall–Kier alpha value is -2.82. The zero-order chi connectivity index (χ0) is 19.0. The van der Waals surface area contributed by atoms with Gasteiger partial charge in [0.05, 0.1) is 7.11 Å². The van der Waals surface area contributed by atoms with Gasteiger partial charge in [-0.25, -0.2) is 0 Å². The van der Waals surface area contributed by atoms with Gasteiger partial charge in [-0.2, -0.15) is 0 Å². The maximum atomic E-state index is 12.5. The van der Waals surface area contributed by atoms with Gasteiger partial charge in [-0.1, -0.05) is 18.2 Å². The minimum atomic E-state index is -0.0264. The predicted molar refractivity (Wildman–Crippen MR) is 105 cm³/mol. The average molecular weight is 364 g/mol. The highest BCUT2D eigenvalue weighted by atomic mass is 16.5. The van der Waals surface area contributed by atoms with Gasteiger partial charge in [-0.15, -0.1) is 0 Å². The van der Waals surface area contributed by atoms with Crippen molar-refractivity contribution in [3.8, 4) is 5.75 Å². The fourth-order valence-electron chi connectivity index (χ4n) is 3.71. The number of nitrogens with one attached hydrogen (secondary N) is 2. The Labute approximate surface area is 158 Å². The largest absolute Gasteiger partial charge is 0.496 e. The van der Waals surface area contributed by atoms with E-state index in [1.165, 1.54) is 0 Å². The molecule has 2 heterocycles. The molecule has 1 saturated carbocycles. The van der Waals surface area contributed by atoms with E-state index in [-0.39, 0.29) is 17.5 Å². The number of pyridine rings is 1. The third kappa shape index (κ3) is 3.68. The van der Waals surface area contributed by atoms with Crippen LogP contribution < -0.4 is 15.6 Å². The molecule has 5 heteroatoms. The summed E-state index contributed by atoms with van der Waals surface area (Å²) in [6.45, 7) is 2.00. The van der Waals surface area contributed by atoms with Crippen molar-refractivity contribution < 1.29 is 9.53 Å². The van der Waals surface area contributed by atoms with E-state index >= 15 is 0 Å². The molecule has 0 spiro atoms. The van der Waals surface area contributed by atoms with Crippen LogP contribution in [0.5, 0.6) is 5.75 Å². The van der Waals surface area contributed by atoms with E-state index < -0.39 is 0 Å². The van der Waals surface area contributed by atoms with Crippen LogP contribution in [-0.4, -0.2) is 24.0 Å². The number of aromatic nitrogens is 1. The average Bonchev–Trinajstić information content (AvgIpc) is 3.41. The Bertz CT molecular complexity index is 970. The third-order valence-corrected chi connectivity index (χ3v) is 5.35. The van der Waals surface area contributed by atoms with E-state index in [4.69, 9.17) is 4.74 Å². The zero-order valence-corrected chi connectivity index (χ0v) is 15.7. The van der Waals surface area contributed by atoms with Crippen molar-refractivity contribution in [2.75, 3.05) is 7.11 Å². The Kier molecular flexibility index (Phi) is 4.60. The minimum Gasteiger partial charge on any atom is -0.496 e. The van der Waals surface area contributed by atoms with Gasteiger partial charge < -0.3 is 15.0 Å². The summed E-state index contributed by atoms with van der Waals surface area (Å²) in [6.07, 6.45) is 5.54. The summed E-state index contributed by atoms with van der Waals surface area (Å²) in [5.41, 5.74) is 4.57. The second-order valence-corrected chi connectivity index (χ2v) is 7.41. The first-order chi connectivity index (χ1) is 13.0. The molecule has 0 unspecified atom stereocenters. The Morgan fingerprint density at radius 2 is 1.96 bits per heavy atom. The number of carbonyl (C=O) groups is 1. The van der Waals surface area contributed by atoms with Crippen LogP contribution in [0.25, 0.3) is 5.57 Å². The van der Waals surface area contributed by atoms with Crippen molar-refractivity contribution in [2.24, 2.45) is 0 Å². The van der Waals surface area contributed by atoms with Crippen LogP contribution in [0.1, 0.15) is 54.0 Å². The number of aryl methyl sites for hydroxylation is 1. The zero-order valence-electron chi connectivity index (χ0n) is 15.7. The normalized spacial score (nSPS) is 19.9. The number of methoxy groups -OCH3 is 1. The van der Waals surface area contributed by atoms with Gasteiger partial charge in [0, 0.05) is 29.3 Å². The summed E-state index contributed by atoms with van der Waals surface area (Å²) >= 11 is 0. The SMILES string of the molecule is COc1ccc(/C(=C\[C@H]2CCC(=O)N2)c2ccc(C3CC3)c(=O)[nH]2)cc1C.